The molecular weight excluding hydrogens is 423 g/mol. The van der Waals surface area contributed by atoms with E-state index in [1.165, 1.54) is 6.33 Å². The van der Waals surface area contributed by atoms with Crippen molar-refractivity contribution >= 4 is 23.3 Å². The van der Waals surface area contributed by atoms with Gasteiger partial charge in [-0.3, -0.25) is 14.9 Å². The van der Waals surface area contributed by atoms with Crippen LogP contribution in [-0.4, -0.2) is 38.7 Å². The number of nitrogens with zero attached hydrogens (tertiary/aromatic N) is 4. The quantitative estimate of drug-likeness (QED) is 0.370. The molecule has 1 heterocycles. The third-order valence-corrected chi connectivity index (χ3v) is 4.05. The molecule has 13 heteroatoms. The van der Waals surface area contributed by atoms with Gasteiger partial charge in [-0.05, 0) is 24.3 Å². The number of nitro benzene ring substituents is 1. The predicted octanol–water partition coefficient (Wildman–Crippen LogP) is 3.23. The number of methoxy groups -OCH3 is 1. The van der Waals surface area contributed by atoms with Crippen molar-refractivity contribution < 1.29 is 32.4 Å². The molecule has 3 rings (SSSR count). The Balaban J connectivity index is 2.06. The van der Waals surface area contributed by atoms with Gasteiger partial charge in [-0.15, -0.1) is 0 Å². The van der Waals surface area contributed by atoms with E-state index in [1.54, 1.807) is 0 Å². The first kappa shape index (κ1) is 21.4. The third-order valence-electron chi connectivity index (χ3n) is 4.05. The Morgan fingerprint density at radius 3 is 2.45 bits per heavy atom. The number of hydrogen-bond donors (Lipinski definition) is 1. The second-order valence-corrected chi connectivity index (χ2v) is 6.04. The summed E-state index contributed by atoms with van der Waals surface area (Å²) in [6.45, 7) is 0. The minimum absolute atomic E-state index is 0.0671. The molecule has 160 valence electrons. The lowest BCUT2D eigenvalue weighted by atomic mass is 10.1. The first-order valence-electron chi connectivity index (χ1n) is 8.35. The number of nitro groups is 1. The highest BCUT2D eigenvalue weighted by Crippen LogP contribution is 2.33. The number of aromatic nitrogens is 3. The molecule has 31 heavy (non-hydrogen) atoms. The summed E-state index contributed by atoms with van der Waals surface area (Å²) in [7, 11) is 1.05. The Hall–Kier alpha value is -4.29. The van der Waals surface area contributed by atoms with E-state index in [2.05, 4.69) is 20.1 Å². The topological polar surface area (TPSA) is 129 Å². The summed E-state index contributed by atoms with van der Waals surface area (Å²) in [6, 6.07) is 5.39. The number of halogens is 3. The highest BCUT2D eigenvalue weighted by molar-refractivity contribution is 6.07. The number of nitrogens with one attached hydrogen (secondary N) is 1. The monoisotopic (exact) mass is 435 g/mol. The zero-order valence-corrected chi connectivity index (χ0v) is 15.6. The molecule has 0 fully saturated rings. The van der Waals surface area contributed by atoms with E-state index < -0.39 is 34.2 Å². The molecule has 0 spiro atoms. The molecular formula is C18H12F3N5O5. The summed E-state index contributed by atoms with van der Waals surface area (Å²) in [5.41, 5.74) is -2.44. The number of benzene rings is 2. The number of carbonyl (C=O) groups is 2. The number of anilines is 1. The summed E-state index contributed by atoms with van der Waals surface area (Å²) < 4.78 is 45.1. The number of ether oxygens (including phenoxy) is 1. The van der Waals surface area contributed by atoms with E-state index in [0.717, 1.165) is 48.5 Å². The van der Waals surface area contributed by atoms with Crippen LogP contribution in [0.5, 0.6) is 0 Å². The Labute approximate surface area is 171 Å². The lowest BCUT2D eigenvalue weighted by Crippen LogP contribution is -2.17. The van der Waals surface area contributed by atoms with Crippen LogP contribution in [0.3, 0.4) is 0 Å². The van der Waals surface area contributed by atoms with Gasteiger partial charge in [-0.25, -0.2) is 14.5 Å². The summed E-state index contributed by atoms with van der Waals surface area (Å²) >= 11 is 0. The molecule has 0 aliphatic rings. The molecule has 10 nitrogen and oxygen atoms in total. The Morgan fingerprint density at radius 2 is 1.87 bits per heavy atom. The first-order chi connectivity index (χ1) is 14.6. The van der Waals surface area contributed by atoms with E-state index in [1.807, 2.05) is 0 Å². The van der Waals surface area contributed by atoms with Crippen LogP contribution in [0.15, 0.2) is 49.1 Å². The first-order valence-corrected chi connectivity index (χ1v) is 8.35. The van der Waals surface area contributed by atoms with Crippen molar-refractivity contribution in [3.8, 4) is 5.69 Å². The standard InChI is InChI=1S/C18H12F3N5O5/c1-31-17(28)11-4-10(5-13(6-11)26(29)30)16(27)24-14-7-12(18(19,20)21)2-3-15(14)25-9-22-8-23-25/h2-9H,1H3,(H,24,27). The molecule has 0 radical (unpaired) electrons. The molecule has 0 saturated carbocycles. The van der Waals surface area contributed by atoms with Crippen molar-refractivity contribution in [3.63, 3.8) is 0 Å². The average Bonchev–Trinajstić information content (AvgIpc) is 3.26. The van der Waals surface area contributed by atoms with Crippen molar-refractivity contribution in [2.45, 2.75) is 6.18 Å². The molecule has 1 N–H and O–H groups in total. The highest BCUT2D eigenvalue weighted by atomic mass is 19.4. The molecule has 0 atom stereocenters. The fourth-order valence-corrected chi connectivity index (χ4v) is 2.62. The fourth-order valence-electron chi connectivity index (χ4n) is 2.62. The van der Waals surface area contributed by atoms with E-state index in [-0.39, 0.29) is 22.5 Å². The Bertz CT molecular complexity index is 1160. The van der Waals surface area contributed by atoms with Crippen molar-refractivity contribution in [1.29, 1.82) is 0 Å². The van der Waals surface area contributed by atoms with Gasteiger partial charge in [0.2, 0.25) is 0 Å². The molecule has 3 aromatic rings. The van der Waals surface area contributed by atoms with Crippen LogP contribution in [0.4, 0.5) is 24.5 Å². The number of amides is 1. The van der Waals surface area contributed by atoms with Gasteiger partial charge in [-0.2, -0.15) is 18.3 Å². The lowest BCUT2D eigenvalue weighted by molar-refractivity contribution is -0.384. The van der Waals surface area contributed by atoms with Crippen LogP contribution in [0, 0.1) is 10.1 Å². The van der Waals surface area contributed by atoms with E-state index in [4.69, 9.17) is 0 Å². The summed E-state index contributed by atoms with van der Waals surface area (Å²) in [6.07, 6.45) is -2.34. The SMILES string of the molecule is COC(=O)c1cc(C(=O)Nc2cc(C(F)(F)F)ccc2-n2cncn2)cc([N+](=O)[O-])c1. The largest absolute Gasteiger partial charge is 0.465 e. The van der Waals surface area contributed by atoms with Crippen molar-refractivity contribution in [3.05, 3.63) is 75.9 Å². The minimum atomic E-state index is -4.69. The number of non-ortho nitro benzene ring substituents is 1. The van der Waals surface area contributed by atoms with Gasteiger partial charge in [0, 0.05) is 17.7 Å². The van der Waals surface area contributed by atoms with Gasteiger partial charge < -0.3 is 10.1 Å². The Morgan fingerprint density at radius 1 is 1.16 bits per heavy atom. The molecule has 2 aromatic carbocycles. The maximum absolute atomic E-state index is 13.2. The summed E-state index contributed by atoms with van der Waals surface area (Å²) in [4.78, 5) is 38.5. The Kier molecular flexibility index (Phi) is 5.68. The molecule has 0 unspecified atom stereocenters. The zero-order chi connectivity index (χ0) is 22.8. The van der Waals surface area contributed by atoms with Gasteiger partial charge >= 0.3 is 12.1 Å². The van der Waals surface area contributed by atoms with Crippen LogP contribution >= 0.6 is 0 Å². The molecule has 0 bridgehead atoms. The molecule has 1 aromatic heterocycles. The van der Waals surface area contributed by atoms with Crippen molar-refractivity contribution in [1.82, 2.24) is 14.8 Å². The average molecular weight is 435 g/mol. The molecule has 0 saturated heterocycles. The number of rotatable bonds is 5. The summed E-state index contributed by atoms with van der Waals surface area (Å²) in [5.74, 6) is -1.92. The smallest absolute Gasteiger partial charge is 0.416 e. The summed E-state index contributed by atoms with van der Waals surface area (Å²) in [5, 5.41) is 17.2. The van der Waals surface area contributed by atoms with E-state index in [0.29, 0.717) is 6.07 Å². The van der Waals surface area contributed by atoms with E-state index in [9.17, 15) is 32.9 Å². The second kappa shape index (κ2) is 8.22. The van der Waals surface area contributed by atoms with Gasteiger partial charge in [-0.1, -0.05) is 0 Å². The maximum atomic E-state index is 13.2. The van der Waals surface area contributed by atoms with Crippen LogP contribution in [0.1, 0.15) is 26.3 Å². The van der Waals surface area contributed by atoms with Crippen LogP contribution in [0.25, 0.3) is 5.69 Å². The molecule has 0 aliphatic carbocycles. The van der Waals surface area contributed by atoms with Crippen molar-refractivity contribution in [2.75, 3.05) is 12.4 Å². The normalized spacial score (nSPS) is 11.1. The maximum Gasteiger partial charge on any atom is 0.416 e. The molecule has 1 amide bonds. The lowest BCUT2D eigenvalue weighted by Gasteiger charge is -2.14. The van der Waals surface area contributed by atoms with Crippen molar-refractivity contribution in [2.24, 2.45) is 0 Å². The molecule has 0 aliphatic heterocycles. The highest BCUT2D eigenvalue weighted by Gasteiger charge is 2.31. The van der Waals surface area contributed by atoms with Gasteiger partial charge in [0.15, 0.2) is 0 Å². The number of alkyl halides is 3. The van der Waals surface area contributed by atoms with Gasteiger partial charge in [0.1, 0.15) is 12.7 Å². The minimum Gasteiger partial charge on any atom is -0.465 e. The zero-order valence-electron chi connectivity index (χ0n) is 15.6. The fraction of sp³-hybridized carbons (Fsp3) is 0.111. The number of esters is 1. The second-order valence-electron chi connectivity index (χ2n) is 6.04. The third kappa shape index (κ3) is 4.66. The van der Waals surface area contributed by atoms with Gasteiger partial charge in [0.25, 0.3) is 11.6 Å². The van der Waals surface area contributed by atoms with E-state index >= 15 is 0 Å². The van der Waals surface area contributed by atoms with Crippen LogP contribution < -0.4 is 5.32 Å². The van der Waals surface area contributed by atoms with Crippen LogP contribution in [-0.2, 0) is 10.9 Å². The predicted molar refractivity (Wildman–Crippen MR) is 98.8 cm³/mol. The number of hydrogen-bond acceptors (Lipinski definition) is 7. The number of carbonyl (C=O) groups excluding carboxylic acids is 2. The van der Waals surface area contributed by atoms with Crippen LogP contribution in [0.2, 0.25) is 0 Å². The van der Waals surface area contributed by atoms with Gasteiger partial charge in [0.05, 0.1) is 34.5 Å².